The van der Waals surface area contributed by atoms with E-state index in [1.54, 1.807) is 43.5 Å². The summed E-state index contributed by atoms with van der Waals surface area (Å²) < 4.78 is 5.49. The van der Waals surface area contributed by atoms with Crippen LogP contribution in [0, 0.1) is 0 Å². The molecule has 1 heterocycles. The number of carboxylic acid groups (broad SMARTS) is 1. The number of ketones is 1. The number of amides is 1. The van der Waals surface area contributed by atoms with Crippen LogP contribution in [-0.2, 0) is 0 Å². The third-order valence-corrected chi connectivity index (χ3v) is 6.36. The summed E-state index contributed by atoms with van der Waals surface area (Å²) in [5.74, 6) is 0.806. The number of halogens is 1. The Morgan fingerprint density at radius 3 is 2.11 bits per heavy atom. The van der Waals surface area contributed by atoms with Crippen LogP contribution >= 0.6 is 12.4 Å². The number of anilines is 2. The monoisotopic (exact) mass is 509 g/mol. The first-order valence-corrected chi connectivity index (χ1v) is 11.9. The molecule has 3 aromatic rings. The molecule has 0 aliphatic carbocycles. The van der Waals surface area contributed by atoms with E-state index in [4.69, 9.17) is 4.74 Å². The summed E-state index contributed by atoms with van der Waals surface area (Å²) in [5, 5.41) is 9.76. The van der Waals surface area contributed by atoms with Crippen molar-refractivity contribution in [2.75, 3.05) is 56.2 Å². The fourth-order valence-corrected chi connectivity index (χ4v) is 4.44. The molecule has 0 saturated carbocycles. The third kappa shape index (κ3) is 6.56. The van der Waals surface area contributed by atoms with Gasteiger partial charge in [-0.25, -0.2) is 4.79 Å². The molecule has 8 heteroatoms. The summed E-state index contributed by atoms with van der Waals surface area (Å²) in [5.41, 5.74) is 2.84. The molecule has 0 radical (unpaired) electrons. The van der Waals surface area contributed by atoms with Gasteiger partial charge in [0.05, 0.1) is 12.8 Å². The van der Waals surface area contributed by atoms with E-state index in [0.29, 0.717) is 23.4 Å². The molecular weight excluding hydrogens is 478 g/mol. The van der Waals surface area contributed by atoms with Crippen molar-refractivity contribution in [3.63, 3.8) is 0 Å². The van der Waals surface area contributed by atoms with Gasteiger partial charge in [-0.15, -0.1) is 12.4 Å². The maximum atomic E-state index is 12.6. The number of methoxy groups -OCH3 is 1. The van der Waals surface area contributed by atoms with E-state index in [0.717, 1.165) is 50.6 Å². The lowest BCUT2D eigenvalue weighted by Gasteiger charge is -2.36. The van der Waals surface area contributed by atoms with Gasteiger partial charge in [0.25, 0.3) is 0 Å². The van der Waals surface area contributed by atoms with Crippen molar-refractivity contribution in [1.29, 1.82) is 0 Å². The van der Waals surface area contributed by atoms with E-state index in [1.165, 1.54) is 4.90 Å². The first-order chi connectivity index (χ1) is 17.1. The van der Waals surface area contributed by atoms with Crippen LogP contribution in [0.15, 0.2) is 78.9 Å². The number of piperazine rings is 1. The van der Waals surface area contributed by atoms with E-state index in [9.17, 15) is 14.7 Å². The highest BCUT2D eigenvalue weighted by atomic mass is 35.5. The molecule has 3 aromatic carbocycles. The van der Waals surface area contributed by atoms with Gasteiger partial charge in [0, 0.05) is 49.5 Å². The summed E-state index contributed by atoms with van der Waals surface area (Å²) in [6.07, 6.45) is -0.265. The van der Waals surface area contributed by atoms with Crippen LogP contribution in [0.4, 0.5) is 16.2 Å². The number of benzene rings is 3. The van der Waals surface area contributed by atoms with Gasteiger partial charge in [0.1, 0.15) is 5.75 Å². The minimum atomic E-state index is -0.992. The molecule has 0 unspecified atom stereocenters. The molecule has 0 spiro atoms. The predicted octanol–water partition coefficient (Wildman–Crippen LogP) is 5.04. The molecule has 0 aromatic heterocycles. The number of nitrogens with zero attached hydrogens (tertiary/aromatic N) is 3. The molecule has 7 nitrogen and oxygen atoms in total. The zero-order valence-electron chi connectivity index (χ0n) is 20.4. The highest BCUT2D eigenvalue weighted by molar-refractivity contribution is 6.09. The van der Waals surface area contributed by atoms with Gasteiger partial charge in [0.2, 0.25) is 0 Å². The van der Waals surface area contributed by atoms with Gasteiger partial charge in [-0.05, 0) is 49.4 Å². The van der Waals surface area contributed by atoms with Crippen LogP contribution in [0.5, 0.6) is 5.75 Å². The lowest BCUT2D eigenvalue weighted by atomic mass is 10.0. The van der Waals surface area contributed by atoms with Crippen LogP contribution in [0.1, 0.15) is 22.3 Å². The van der Waals surface area contributed by atoms with Crippen molar-refractivity contribution in [3.05, 3.63) is 90.0 Å². The van der Waals surface area contributed by atoms with Crippen LogP contribution in [0.3, 0.4) is 0 Å². The van der Waals surface area contributed by atoms with Crippen LogP contribution in [0.2, 0.25) is 0 Å². The van der Waals surface area contributed by atoms with Crippen molar-refractivity contribution < 1.29 is 19.4 Å². The Kier molecular flexibility index (Phi) is 9.73. The van der Waals surface area contributed by atoms with Crippen LogP contribution < -0.4 is 14.5 Å². The van der Waals surface area contributed by atoms with Gasteiger partial charge in [-0.1, -0.05) is 42.5 Å². The summed E-state index contributed by atoms with van der Waals surface area (Å²) in [7, 11) is 1.69. The maximum absolute atomic E-state index is 12.6. The zero-order chi connectivity index (χ0) is 24.6. The first-order valence-electron chi connectivity index (χ1n) is 11.9. The molecule has 0 atom stereocenters. The molecule has 1 N–H and O–H groups in total. The molecule has 1 saturated heterocycles. The molecule has 1 fully saturated rings. The summed E-state index contributed by atoms with van der Waals surface area (Å²) in [4.78, 5) is 30.6. The fraction of sp³-hybridized carbons (Fsp3) is 0.286. The van der Waals surface area contributed by atoms with Crippen molar-refractivity contribution >= 4 is 35.7 Å². The zero-order valence-corrected chi connectivity index (χ0v) is 21.2. The van der Waals surface area contributed by atoms with E-state index in [1.807, 2.05) is 36.4 Å². The van der Waals surface area contributed by atoms with E-state index in [-0.39, 0.29) is 18.2 Å². The molecule has 1 amide bonds. The van der Waals surface area contributed by atoms with Gasteiger partial charge in [0.15, 0.2) is 5.78 Å². The largest absolute Gasteiger partial charge is 0.495 e. The van der Waals surface area contributed by atoms with Crippen molar-refractivity contribution in [2.45, 2.75) is 6.42 Å². The summed E-state index contributed by atoms with van der Waals surface area (Å²) in [6, 6.07) is 23.9. The fourth-order valence-electron chi connectivity index (χ4n) is 4.44. The van der Waals surface area contributed by atoms with Gasteiger partial charge >= 0.3 is 6.09 Å². The molecular formula is C28H32ClN3O4. The second-order valence-electron chi connectivity index (χ2n) is 8.53. The Balaban J connectivity index is 0.00000361. The lowest BCUT2D eigenvalue weighted by molar-refractivity contribution is 0.103. The van der Waals surface area contributed by atoms with E-state index < -0.39 is 6.09 Å². The van der Waals surface area contributed by atoms with Crippen molar-refractivity contribution in [2.24, 2.45) is 0 Å². The van der Waals surface area contributed by atoms with Crippen molar-refractivity contribution in [3.8, 4) is 5.75 Å². The number of hydrogen-bond donors (Lipinski definition) is 1. The molecule has 190 valence electrons. The Morgan fingerprint density at radius 2 is 1.47 bits per heavy atom. The third-order valence-electron chi connectivity index (χ3n) is 6.36. The SMILES string of the molecule is COc1ccccc1N1CCN(CCCN(C(=O)O)c2ccc(C(=O)c3ccccc3)cc2)CC1.Cl. The highest BCUT2D eigenvalue weighted by Gasteiger charge is 2.20. The number of rotatable bonds is 9. The Morgan fingerprint density at radius 1 is 0.861 bits per heavy atom. The lowest BCUT2D eigenvalue weighted by Crippen LogP contribution is -2.47. The average Bonchev–Trinajstić information content (AvgIpc) is 2.91. The Bertz CT molecular complexity index is 1130. The molecule has 0 bridgehead atoms. The molecule has 36 heavy (non-hydrogen) atoms. The second kappa shape index (κ2) is 13.0. The highest BCUT2D eigenvalue weighted by Crippen LogP contribution is 2.28. The number of carbonyl (C=O) groups excluding carboxylic acids is 1. The van der Waals surface area contributed by atoms with Gasteiger partial charge in [-0.2, -0.15) is 0 Å². The minimum absolute atomic E-state index is 0. The first kappa shape index (κ1) is 27.0. The number of ether oxygens (including phenoxy) is 1. The van der Waals surface area contributed by atoms with Gasteiger partial charge < -0.3 is 14.7 Å². The van der Waals surface area contributed by atoms with Crippen molar-refractivity contribution in [1.82, 2.24) is 4.90 Å². The standard InChI is InChI=1S/C28H31N3O4.ClH/c1-35-26-11-6-5-10-25(26)30-20-18-29(19-21-30)16-7-17-31(28(33)34)24-14-12-23(13-15-24)27(32)22-8-3-2-4-9-22;/h2-6,8-15H,7,16-21H2,1H3,(H,33,34);1H. The minimum Gasteiger partial charge on any atom is -0.495 e. The summed E-state index contributed by atoms with van der Waals surface area (Å²) in [6.45, 7) is 4.87. The average molecular weight is 510 g/mol. The number of hydrogen-bond acceptors (Lipinski definition) is 5. The Hall–Kier alpha value is -3.55. The molecule has 1 aliphatic heterocycles. The van der Waals surface area contributed by atoms with E-state index >= 15 is 0 Å². The second-order valence-corrected chi connectivity index (χ2v) is 8.53. The number of para-hydroxylation sites is 2. The summed E-state index contributed by atoms with van der Waals surface area (Å²) >= 11 is 0. The van der Waals surface area contributed by atoms with Crippen LogP contribution in [-0.4, -0.2) is 68.3 Å². The van der Waals surface area contributed by atoms with E-state index in [2.05, 4.69) is 15.9 Å². The topological polar surface area (TPSA) is 73.3 Å². The molecule has 4 rings (SSSR count). The molecule has 1 aliphatic rings. The number of carbonyl (C=O) groups is 2. The Labute approximate surface area is 218 Å². The van der Waals surface area contributed by atoms with Gasteiger partial charge in [-0.3, -0.25) is 14.6 Å². The quantitative estimate of drug-likeness (QED) is 0.407. The predicted molar refractivity (Wildman–Crippen MR) is 145 cm³/mol. The van der Waals surface area contributed by atoms with Crippen LogP contribution in [0.25, 0.3) is 0 Å². The smallest absolute Gasteiger partial charge is 0.411 e. The normalized spacial score (nSPS) is 13.5. The maximum Gasteiger partial charge on any atom is 0.411 e.